The third-order valence-electron chi connectivity index (χ3n) is 4.27. The fraction of sp³-hybridized carbons (Fsp3) is 0.261. The zero-order valence-corrected chi connectivity index (χ0v) is 17.2. The standard InChI is InChI=1S/C23H26N2O5/c1-15(2)13-20(23(28)29)25-22(27)19(14-16-7-5-4-6-8-16)24-21(26)17-9-11-18(30-3)12-10-17/h4-12,14-15,20H,13H2,1-3H3,(H,24,26)(H,25,27)(H,28,29). The molecule has 7 nitrogen and oxygen atoms in total. The van der Waals surface area contributed by atoms with Crippen molar-refractivity contribution < 1.29 is 24.2 Å². The van der Waals surface area contributed by atoms with E-state index in [0.29, 0.717) is 16.9 Å². The molecule has 0 saturated heterocycles. The number of benzene rings is 2. The van der Waals surface area contributed by atoms with E-state index in [4.69, 9.17) is 4.74 Å². The van der Waals surface area contributed by atoms with E-state index in [1.807, 2.05) is 19.9 Å². The number of carbonyl (C=O) groups excluding carboxylic acids is 2. The van der Waals surface area contributed by atoms with Crippen LogP contribution in [-0.2, 0) is 9.59 Å². The molecule has 0 aliphatic carbocycles. The van der Waals surface area contributed by atoms with Crippen LogP contribution in [0, 0.1) is 5.92 Å². The predicted octanol–water partition coefficient (Wildman–Crippen LogP) is 3.08. The molecule has 158 valence electrons. The lowest BCUT2D eigenvalue weighted by atomic mass is 10.0. The second-order valence-electron chi connectivity index (χ2n) is 7.15. The number of carboxylic acids is 1. The van der Waals surface area contributed by atoms with Crippen molar-refractivity contribution in [2.24, 2.45) is 5.92 Å². The first-order chi connectivity index (χ1) is 14.3. The van der Waals surface area contributed by atoms with E-state index < -0.39 is 23.8 Å². The van der Waals surface area contributed by atoms with Crippen molar-refractivity contribution in [1.29, 1.82) is 0 Å². The number of methoxy groups -OCH3 is 1. The third-order valence-corrected chi connectivity index (χ3v) is 4.27. The van der Waals surface area contributed by atoms with E-state index in [0.717, 1.165) is 0 Å². The lowest BCUT2D eigenvalue weighted by Crippen LogP contribution is -2.45. The molecule has 0 saturated carbocycles. The van der Waals surface area contributed by atoms with Gasteiger partial charge in [0.1, 0.15) is 17.5 Å². The molecule has 0 spiro atoms. The summed E-state index contributed by atoms with van der Waals surface area (Å²) >= 11 is 0. The molecule has 7 heteroatoms. The van der Waals surface area contributed by atoms with Gasteiger partial charge in [-0.25, -0.2) is 4.79 Å². The van der Waals surface area contributed by atoms with E-state index >= 15 is 0 Å². The maximum Gasteiger partial charge on any atom is 0.326 e. The molecule has 1 atom stereocenters. The number of amides is 2. The quantitative estimate of drug-likeness (QED) is 0.551. The van der Waals surface area contributed by atoms with Crippen LogP contribution in [0.4, 0.5) is 0 Å². The minimum absolute atomic E-state index is 0.0444. The summed E-state index contributed by atoms with van der Waals surface area (Å²) in [6.07, 6.45) is 1.77. The van der Waals surface area contributed by atoms with Gasteiger partial charge < -0.3 is 20.5 Å². The van der Waals surface area contributed by atoms with Crippen LogP contribution < -0.4 is 15.4 Å². The van der Waals surface area contributed by atoms with Gasteiger partial charge in [-0.3, -0.25) is 9.59 Å². The van der Waals surface area contributed by atoms with Gasteiger partial charge >= 0.3 is 5.97 Å². The molecule has 0 aliphatic heterocycles. The largest absolute Gasteiger partial charge is 0.497 e. The summed E-state index contributed by atoms with van der Waals surface area (Å²) in [5.41, 5.74) is 0.977. The average molecular weight is 410 g/mol. The second kappa shape index (κ2) is 10.8. The molecule has 2 rings (SSSR count). The Morgan fingerprint density at radius 1 is 1.03 bits per heavy atom. The monoisotopic (exact) mass is 410 g/mol. The van der Waals surface area contributed by atoms with E-state index in [2.05, 4.69) is 10.6 Å². The van der Waals surface area contributed by atoms with Gasteiger partial charge in [0, 0.05) is 5.56 Å². The van der Waals surface area contributed by atoms with Gasteiger partial charge in [0.05, 0.1) is 7.11 Å². The van der Waals surface area contributed by atoms with Gasteiger partial charge in [-0.15, -0.1) is 0 Å². The fourth-order valence-electron chi connectivity index (χ4n) is 2.74. The van der Waals surface area contributed by atoms with Crippen LogP contribution in [0.25, 0.3) is 6.08 Å². The smallest absolute Gasteiger partial charge is 0.326 e. The number of aliphatic carboxylic acids is 1. The van der Waals surface area contributed by atoms with Crippen LogP contribution in [0.5, 0.6) is 5.75 Å². The van der Waals surface area contributed by atoms with Crippen LogP contribution >= 0.6 is 0 Å². The lowest BCUT2D eigenvalue weighted by molar-refractivity contribution is -0.141. The molecule has 2 amide bonds. The highest BCUT2D eigenvalue weighted by Crippen LogP contribution is 2.13. The maximum atomic E-state index is 12.8. The first-order valence-corrected chi connectivity index (χ1v) is 9.56. The van der Waals surface area contributed by atoms with E-state index in [-0.39, 0.29) is 18.0 Å². The molecule has 0 fully saturated rings. The molecular weight excluding hydrogens is 384 g/mol. The molecule has 2 aromatic carbocycles. The number of carboxylic acid groups (broad SMARTS) is 1. The summed E-state index contributed by atoms with van der Waals surface area (Å²) in [6.45, 7) is 3.74. The zero-order chi connectivity index (χ0) is 22.1. The van der Waals surface area contributed by atoms with Crippen LogP contribution in [0.15, 0.2) is 60.3 Å². The first kappa shape index (κ1) is 22.7. The van der Waals surface area contributed by atoms with Crippen molar-refractivity contribution in [1.82, 2.24) is 10.6 Å². The number of carbonyl (C=O) groups is 3. The normalized spacial score (nSPS) is 12.2. The van der Waals surface area contributed by atoms with Gasteiger partial charge in [0.25, 0.3) is 11.8 Å². The lowest BCUT2D eigenvalue weighted by Gasteiger charge is -2.18. The van der Waals surface area contributed by atoms with E-state index in [1.165, 1.54) is 13.2 Å². The SMILES string of the molecule is COc1ccc(C(=O)NC(=Cc2ccccc2)C(=O)NC(CC(C)C)C(=O)O)cc1. The first-order valence-electron chi connectivity index (χ1n) is 9.56. The molecule has 2 aromatic rings. The van der Waals surface area contributed by atoms with Gasteiger partial charge in [-0.2, -0.15) is 0 Å². The summed E-state index contributed by atoms with van der Waals surface area (Å²) in [4.78, 5) is 37.0. The summed E-state index contributed by atoms with van der Waals surface area (Å²) in [5.74, 6) is -1.62. The molecule has 0 heterocycles. The third kappa shape index (κ3) is 6.77. The maximum absolute atomic E-state index is 12.8. The van der Waals surface area contributed by atoms with Crippen molar-refractivity contribution in [3.63, 3.8) is 0 Å². The summed E-state index contributed by atoms with van der Waals surface area (Å²) < 4.78 is 5.08. The van der Waals surface area contributed by atoms with Gasteiger partial charge in [0.15, 0.2) is 0 Å². The topological polar surface area (TPSA) is 105 Å². The second-order valence-corrected chi connectivity index (χ2v) is 7.15. The molecule has 0 radical (unpaired) electrons. The Labute approximate surface area is 175 Å². The van der Waals surface area contributed by atoms with E-state index in [9.17, 15) is 19.5 Å². The van der Waals surface area contributed by atoms with Crippen molar-refractivity contribution in [3.05, 3.63) is 71.4 Å². The Hall–Kier alpha value is -3.61. The van der Waals surface area contributed by atoms with Crippen LogP contribution in [0.3, 0.4) is 0 Å². The van der Waals surface area contributed by atoms with Crippen molar-refractivity contribution in [2.45, 2.75) is 26.3 Å². The molecule has 30 heavy (non-hydrogen) atoms. The Morgan fingerprint density at radius 3 is 2.20 bits per heavy atom. The molecule has 3 N–H and O–H groups in total. The summed E-state index contributed by atoms with van der Waals surface area (Å²) in [7, 11) is 1.52. The van der Waals surface area contributed by atoms with Crippen molar-refractivity contribution in [3.8, 4) is 5.75 Å². The summed E-state index contributed by atoms with van der Waals surface area (Å²) in [5, 5.41) is 14.5. The van der Waals surface area contributed by atoms with Gasteiger partial charge in [0.2, 0.25) is 0 Å². The minimum Gasteiger partial charge on any atom is -0.497 e. The van der Waals surface area contributed by atoms with Gasteiger partial charge in [-0.05, 0) is 48.2 Å². The fourth-order valence-corrected chi connectivity index (χ4v) is 2.74. The highest BCUT2D eigenvalue weighted by Gasteiger charge is 2.24. The summed E-state index contributed by atoms with van der Waals surface area (Å²) in [6, 6.07) is 14.3. The van der Waals surface area contributed by atoms with Gasteiger partial charge in [-0.1, -0.05) is 44.2 Å². The zero-order valence-electron chi connectivity index (χ0n) is 17.2. The van der Waals surface area contributed by atoms with Crippen molar-refractivity contribution in [2.75, 3.05) is 7.11 Å². The average Bonchev–Trinajstić information content (AvgIpc) is 2.73. The van der Waals surface area contributed by atoms with Crippen molar-refractivity contribution >= 4 is 23.9 Å². The predicted molar refractivity (Wildman–Crippen MR) is 114 cm³/mol. The van der Waals surface area contributed by atoms with Crippen LogP contribution in [0.1, 0.15) is 36.2 Å². The Bertz CT molecular complexity index is 905. The van der Waals surface area contributed by atoms with Crippen LogP contribution in [0.2, 0.25) is 0 Å². The number of hydrogen-bond acceptors (Lipinski definition) is 4. The van der Waals surface area contributed by atoms with E-state index in [1.54, 1.807) is 48.5 Å². The highest BCUT2D eigenvalue weighted by molar-refractivity contribution is 6.06. The Kier molecular flexibility index (Phi) is 8.17. The molecule has 0 bridgehead atoms. The molecule has 1 unspecified atom stereocenters. The number of rotatable bonds is 9. The Morgan fingerprint density at radius 2 is 1.67 bits per heavy atom. The minimum atomic E-state index is -1.13. The van der Waals surface area contributed by atoms with Crippen LogP contribution in [-0.4, -0.2) is 36.0 Å². The number of ether oxygens (including phenoxy) is 1. The molecule has 0 aromatic heterocycles. The Balaban J connectivity index is 2.27. The number of hydrogen-bond donors (Lipinski definition) is 3. The number of nitrogens with one attached hydrogen (secondary N) is 2. The molecule has 0 aliphatic rings. The molecular formula is C23H26N2O5. The highest BCUT2D eigenvalue weighted by atomic mass is 16.5.